The molecule has 2 rings (SSSR count). The molecule has 0 spiro atoms. The molecule has 0 aliphatic carbocycles. The number of rotatable bonds is 5. The van der Waals surface area contributed by atoms with E-state index in [-0.39, 0.29) is 5.56 Å². The van der Waals surface area contributed by atoms with E-state index in [0.29, 0.717) is 17.3 Å². The first-order chi connectivity index (χ1) is 9.60. The Kier molecular flexibility index (Phi) is 4.79. The number of alkyl halides is 2. The highest BCUT2D eigenvalue weighted by atomic mass is 35.5. The molecule has 106 valence electrons. The van der Waals surface area contributed by atoms with Crippen LogP contribution >= 0.6 is 11.6 Å². The van der Waals surface area contributed by atoms with Gasteiger partial charge in [-0.1, -0.05) is 35.9 Å². The van der Waals surface area contributed by atoms with Gasteiger partial charge in [-0.3, -0.25) is 0 Å². The molecule has 2 aromatic rings. The molecule has 0 aliphatic rings. The summed E-state index contributed by atoms with van der Waals surface area (Å²) in [6.45, 7) is 0.500. The maximum Gasteiger partial charge on any atom is 0.263 e. The second-order valence-corrected chi connectivity index (χ2v) is 4.68. The van der Waals surface area contributed by atoms with Crippen LogP contribution < -0.4 is 10.1 Å². The van der Waals surface area contributed by atoms with Gasteiger partial charge in [0.05, 0.1) is 12.8 Å². The highest BCUT2D eigenvalue weighted by Gasteiger charge is 2.07. The standard InChI is InChI=1S/C15H14ClF2NO/c1-20-14-7-6-12(16)8-13(14)19-9-10-2-4-11(5-3-10)15(17)18/h2-8,15,19H,9H2,1H3. The van der Waals surface area contributed by atoms with Crippen LogP contribution in [0.1, 0.15) is 17.6 Å². The minimum Gasteiger partial charge on any atom is -0.495 e. The van der Waals surface area contributed by atoms with Crippen LogP contribution in [0.4, 0.5) is 14.5 Å². The largest absolute Gasteiger partial charge is 0.495 e. The number of halogens is 3. The van der Waals surface area contributed by atoms with Crippen molar-refractivity contribution in [3.05, 3.63) is 58.6 Å². The molecule has 0 aromatic heterocycles. The van der Waals surface area contributed by atoms with E-state index in [9.17, 15) is 8.78 Å². The fraction of sp³-hybridized carbons (Fsp3) is 0.200. The Bertz CT molecular complexity index is 573. The Morgan fingerprint density at radius 1 is 1.15 bits per heavy atom. The Morgan fingerprint density at radius 2 is 1.85 bits per heavy atom. The highest BCUT2D eigenvalue weighted by Crippen LogP contribution is 2.28. The highest BCUT2D eigenvalue weighted by molar-refractivity contribution is 6.30. The van der Waals surface area contributed by atoms with Crippen molar-refractivity contribution in [2.45, 2.75) is 13.0 Å². The molecule has 1 N–H and O–H groups in total. The average Bonchev–Trinajstić information content (AvgIpc) is 2.45. The van der Waals surface area contributed by atoms with Gasteiger partial charge in [-0.15, -0.1) is 0 Å². The SMILES string of the molecule is COc1ccc(Cl)cc1NCc1ccc(C(F)F)cc1. The summed E-state index contributed by atoms with van der Waals surface area (Å²) in [5, 5.41) is 3.77. The lowest BCUT2D eigenvalue weighted by Crippen LogP contribution is -2.01. The molecular formula is C15H14ClF2NO. The predicted octanol–water partition coefficient (Wildman–Crippen LogP) is 4.90. The molecule has 2 aromatic carbocycles. The summed E-state index contributed by atoms with van der Waals surface area (Å²) in [6, 6.07) is 11.5. The van der Waals surface area contributed by atoms with E-state index in [0.717, 1.165) is 11.3 Å². The van der Waals surface area contributed by atoms with Crippen LogP contribution in [0.3, 0.4) is 0 Å². The van der Waals surface area contributed by atoms with Gasteiger partial charge in [0.15, 0.2) is 0 Å². The van der Waals surface area contributed by atoms with Gasteiger partial charge in [0.2, 0.25) is 0 Å². The summed E-state index contributed by atoms with van der Waals surface area (Å²) in [6.07, 6.45) is -2.44. The maximum absolute atomic E-state index is 12.4. The monoisotopic (exact) mass is 297 g/mol. The third-order valence-electron chi connectivity index (χ3n) is 2.88. The molecule has 0 aliphatic heterocycles. The van der Waals surface area contributed by atoms with Gasteiger partial charge in [-0.25, -0.2) is 8.78 Å². The van der Waals surface area contributed by atoms with Gasteiger partial charge in [0.25, 0.3) is 6.43 Å². The third-order valence-corrected chi connectivity index (χ3v) is 3.11. The first-order valence-corrected chi connectivity index (χ1v) is 6.42. The zero-order valence-corrected chi connectivity index (χ0v) is 11.6. The molecule has 0 saturated heterocycles. The lowest BCUT2D eigenvalue weighted by atomic mass is 10.1. The summed E-state index contributed by atoms with van der Waals surface area (Å²) < 4.78 is 30.1. The normalized spacial score (nSPS) is 10.7. The van der Waals surface area contributed by atoms with Crippen molar-refractivity contribution >= 4 is 17.3 Å². The zero-order chi connectivity index (χ0) is 14.5. The van der Waals surface area contributed by atoms with Crippen LogP contribution in [0.2, 0.25) is 5.02 Å². The molecule has 0 bridgehead atoms. The molecule has 0 unspecified atom stereocenters. The average molecular weight is 298 g/mol. The molecule has 0 saturated carbocycles. The predicted molar refractivity (Wildman–Crippen MR) is 76.7 cm³/mol. The van der Waals surface area contributed by atoms with E-state index < -0.39 is 6.43 Å². The number of hydrogen-bond donors (Lipinski definition) is 1. The smallest absolute Gasteiger partial charge is 0.263 e. The number of methoxy groups -OCH3 is 1. The summed E-state index contributed by atoms with van der Waals surface area (Å²) in [4.78, 5) is 0. The molecule has 5 heteroatoms. The van der Waals surface area contributed by atoms with E-state index in [1.807, 2.05) is 0 Å². The lowest BCUT2D eigenvalue weighted by molar-refractivity contribution is 0.151. The van der Waals surface area contributed by atoms with Crippen molar-refractivity contribution in [1.29, 1.82) is 0 Å². The summed E-state index contributed by atoms with van der Waals surface area (Å²) in [5.74, 6) is 0.679. The number of ether oxygens (including phenoxy) is 1. The molecule has 0 heterocycles. The van der Waals surface area contributed by atoms with Crippen LogP contribution in [0.15, 0.2) is 42.5 Å². The summed E-state index contributed by atoms with van der Waals surface area (Å²) in [7, 11) is 1.58. The van der Waals surface area contributed by atoms with E-state index in [4.69, 9.17) is 16.3 Å². The van der Waals surface area contributed by atoms with Crippen LogP contribution in [-0.4, -0.2) is 7.11 Å². The first kappa shape index (κ1) is 14.6. The zero-order valence-electron chi connectivity index (χ0n) is 10.9. The van der Waals surface area contributed by atoms with Crippen molar-refractivity contribution in [2.24, 2.45) is 0 Å². The first-order valence-electron chi connectivity index (χ1n) is 6.04. The van der Waals surface area contributed by atoms with Crippen molar-refractivity contribution in [2.75, 3.05) is 12.4 Å². The van der Waals surface area contributed by atoms with Gasteiger partial charge in [-0.2, -0.15) is 0 Å². The van der Waals surface area contributed by atoms with Gasteiger partial charge < -0.3 is 10.1 Å². The van der Waals surface area contributed by atoms with Gasteiger partial charge in [-0.05, 0) is 23.8 Å². The summed E-state index contributed by atoms with van der Waals surface area (Å²) >= 11 is 5.93. The fourth-order valence-electron chi connectivity index (χ4n) is 1.80. The number of hydrogen-bond acceptors (Lipinski definition) is 2. The Balaban J connectivity index is 2.06. The second kappa shape index (κ2) is 6.57. The molecular weight excluding hydrogens is 284 g/mol. The number of anilines is 1. The Hall–Kier alpha value is -1.81. The minimum absolute atomic E-state index is 0.0223. The minimum atomic E-state index is -2.44. The van der Waals surface area contributed by atoms with Crippen molar-refractivity contribution < 1.29 is 13.5 Å². The van der Waals surface area contributed by atoms with E-state index in [2.05, 4.69) is 5.32 Å². The lowest BCUT2D eigenvalue weighted by Gasteiger charge is -2.12. The van der Waals surface area contributed by atoms with Crippen molar-refractivity contribution in [1.82, 2.24) is 0 Å². The van der Waals surface area contributed by atoms with E-state index in [1.54, 1.807) is 37.4 Å². The van der Waals surface area contributed by atoms with Crippen molar-refractivity contribution in [3.8, 4) is 5.75 Å². The van der Waals surface area contributed by atoms with Crippen LogP contribution in [0, 0.1) is 0 Å². The molecule has 0 atom stereocenters. The molecule has 0 amide bonds. The molecule has 0 fully saturated rings. The second-order valence-electron chi connectivity index (χ2n) is 4.24. The van der Waals surface area contributed by atoms with E-state index in [1.165, 1.54) is 12.1 Å². The van der Waals surface area contributed by atoms with Crippen LogP contribution in [0.5, 0.6) is 5.75 Å². The van der Waals surface area contributed by atoms with Crippen LogP contribution in [-0.2, 0) is 6.54 Å². The molecule has 0 radical (unpaired) electrons. The third kappa shape index (κ3) is 3.61. The molecule has 2 nitrogen and oxygen atoms in total. The van der Waals surface area contributed by atoms with Crippen molar-refractivity contribution in [3.63, 3.8) is 0 Å². The summed E-state index contributed by atoms with van der Waals surface area (Å²) in [5.41, 5.74) is 1.68. The fourth-order valence-corrected chi connectivity index (χ4v) is 1.97. The van der Waals surface area contributed by atoms with Gasteiger partial charge in [0, 0.05) is 17.1 Å². The maximum atomic E-state index is 12.4. The topological polar surface area (TPSA) is 21.3 Å². The molecule has 20 heavy (non-hydrogen) atoms. The van der Waals surface area contributed by atoms with Crippen LogP contribution in [0.25, 0.3) is 0 Å². The number of benzene rings is 2. The van der Waals surface area contributed by atoms with Gasteiger partial charge >= 0.3 is 0 Å². The Morgan fingerprint density at radius 3 is 2.45 bits per heavy atom. The quantitative estimate of drug-likeness (QED) is 0.847. The number of nitrogens with one attached hydrogen (secondary N) is 1. The Labute approximate surface area is 121 Å². The van der Waals surface area contributed by atoms with Gasteiger partial charge in [0.1, 0.15) is 5.75 Å². The van der Waals surface area contributed by atoms with E-state index >= 15 is 0 Å².